The predicted octanol–water partition coefficient (Wildman–Crippen LogP) is 9.41. The fourth-order valence-corrected chi connectivity index (χ4v) is 6.88. The topological polar surface area (TPSA) is 59.0 Å². The Bertz CT molecular complexity index is 1620. The van der Waals surface area contributed by atoms with E-state index in [9.17, 15) is 0 Å². The van der Waals surface area contributed by atoms with Crippen LogP contribution in [0.15, 0.2) is 89.6 Å². The Morgan fingerprint density at radius 2 is 1.03 bits per heavy atom. The van der Waals surface area contributed by atoms with Crippen molar-refractivity contribution in [2.45, 2.75) is 27.7 Å². The Balaban J connectivity index is 1.97. The zero-order valence-corrected chi connectivity index (χ0v) is 23.0. The number of rotatable bonds is 6. The molecule has 5 aromatic rings. The number of benzene rings is 4. The largest absolute Gasteiger partial charge is 0.408 e. The number of fused-ring (bicyclic) bond motifs is 3. The van der Waals surface area contributed by atoms with Crippen molar-refractivity contribution in [1.29, 1.82) is 0 Å². The van der Waals surface area contributed by atoms with Gasteiger partial charge in [0.05, 0.1) is 0 Å². The summed E-state index contributed by atoms with van der Waals surface area (Å²) in [5, 5.41) is 4.24. The number of nitrogens with zero attached hydrogens (tertiary/aromatic N) is 2. The highest BCUT2D eigenvalue weighted by Gasteiger charge is 2.11. The first-order valence-corrected chi connectivity index (χ1v) is 14.8. The predicted molar refractivity (Wildman–Crippen MR) is 154 cm³/mol. The molecule has 0 N–H and O–H groups in total. The van der Waals surface area contributed by atoms with Crippen LogP contribution in [-0.4, -0.2) is 26.2 Å². The highest BCUT2D eigenvalue weighted by Crippen LogP contribution is 2.35. The summed E-state index contributed by atoms with van der Waals surface area (Å²) in [5.74, 6) is 0. The lowest BCUT2D eigenvalue weighted by Gasteiger charge is -2.14. The summed E-state index contributed by atoms with van der Waals surface area (Å²) < 4.78 is 30.6. The fraction of sp³-hybridized carbons (Fsp3) is 0.286. The molecule has 0 saturated carbocycles. The summed E-state index contributed by atoms with van der Waals surface area (Å²) >= 11 is 0. The minimum atomic E-state index is -1.38. The van der Waals surface area contributed by atoms with Crippen molar-refractivity contribution in [3.63, 3.8) is 0 Å². The van der Waals surface area contributed by atoms with Crippen molar-refractivity contribution in [1.82, 2.24) is 0 Å². The highest BCUT2D eigenvalue weighted by atomic mass is 31.1. The van der Waals surface area contributed by atoms with Crippen molar-refractivity contribution in [2.75, 3.05) is 35.5 Å². The van der Waals surface area contributed by atoms with E-state index in [2.05, 4.69) is 73.4 Å². The van der Waals surface area contributed by atoms with Gasteiger partial charge in [-0.15, -0.1) is 0 Å². The van der Waals surface area contributed by atoms with E-state index in [1.807, 2.05) is 36.4 Å². The second-order valence-corrected chi connectivity index (χ2v) is 11.2. The van der Waals surface area contributed by atoms with Crippen LogP contribution in [0.2, 0.25) is 0 Å². The van der Waals surface area contributed by atoms with Gasteiger partial charge >= 0.3 is 16.3 Å². The maximum absolute atomic E-state index is 6.63. The van der Waals surface area contributed by atoms with Crippen LogP contribution in [0.25, 0.3) is 43.9 Å². The number of hydrogen-bond acceptors (Lipinski definition) is 6. The second-order valence-electron chi connectivity index (χ2n) is 8.43. The molecule has 36 heavy (non-hydrogen) atoms. The van der Waals surface area contributed by atoms with Gasteiger partial charge in [-0.3, -0.25) is 0 Å². The van der Waals surface area contributed by atoms with Crippen LogP contribution in [-0.2, 0) is 0 Å². The van der Waals surface area contributed by atoms with Crippen LogP contribution in [0.3, 0.4) is 0 Å². The lowest BCUT2D eigenvalue weighted by Crippen LogP contribution is -2.17. The molecule has 1 heterocycles. The van der Waals surface area contributed by atoms with Crippen LogP contribution in [0.5, 0.6) is 0 Å². The normalized spacial score (nSPS) is 12.7. The molecule has 0 aliphatic carbocycles. The Hall–Kier alpha value is -2.88. The molecule has 0 radical (unpaired) electrons. The molecule has 4 aromatic carbocycles. The Kier molecular flexibility index (Phi) is 7.59. The summed E-state index contributed by atoms with van der Waals surface area (Å²) in [4.78, 5) is 0. The van der Waals surface area contributed by atoms with Gasteiger partial charge in [-0.25, -0.2) is 9.34 Å². The van der Waals surface area contributed by atoms with Crippen molar-refractivity contribution < 1.29 is 16.8 Å². The van der Waals surface area contributed by atoms with Crippen LogP contribution >= 0.6 is 16.3 Å². The van der Waals surface area contributed by atoms with Crippen LogP contribution in [0, 0.1) is 0 Å². The van der Waals surface area contributed by atoms with Gasteiger partial charge in [-0.2, -0.15) is 0 Å². The standard InChI is InChI=1S/C28H32N2O4P2/c1-5-29(6-2)35-31-24-15-12-21-13-16-25(19-23(21)18-24)32-36(30(7-3)8-4)34-28-11-9-10-22-14-17-26(33-35)20-27(22)28/h9-20H,5-8H2,1-4H3. The van der Waals surface area contributed by atoms with E-state index in [0.717, 1.165) is 70.1 Å². The summed E-state index contributed by atoms with van der Waals surface area (Å²) in [6.45, 7) is 11.8. The average Bonchev–Trinajstić information content (AvgIpc) is 2.89. The highest BCUT2D eigenvalue weighted by molar-refractivity contribution is 7.39. The van der Waals surface area contributed by atoms with E-state index in [-0.39, 0.29) is 0 Å². The Morgan fingerprint density at radius 1 is 0.528 bits per heavy atom. The van der Waals surface area contributed by atoms with Gasteiger partial charge < -0.3 is 16.8 Å². The van der Waals surface area contributed by atoms with Crippen LogP contribution < -0.4 is 9.34 Å². The Labute approximate surface area is 212 Å². The second kappa shape index (κ2) is 11.0. The lowest BCUT2D eigenvalue weighted by atomic mass is 10.1. The van der Waals surface area contributed by atoms with Gasteiger partial charge in [0.2, 0.25) is 0 Å². The van der Waals surface area contributed by atoms with E-state index in [1.54, 1.807) is 0 Å². The van der Waals surface area contributed by atoms with E-state index in [0.29, 0.717) is 0 Å². The quantitative estimate of drug-likeness (QED) is 0.221. The average molecular weight is 523 g/mol. The fourth-order valence-electron chi connectivity index (χ4n) is 4.21. The Morgan fingerprint density at radius 3 is 1.58 bits per heavy atom. The molecule has 5 rings (SSSR count). The van der Waals surface area contributed by atoms with Gasteiger partial charge in [-0.1, -0.05) is 58.0 Å². The first-order chi connectivity index (χ1) is 17.6. The van der Waals surface area contributed by atoms with Crippen LogP contribution in [0.4, 0.5) is 0 Å². The molecule has 0 fully saturated rings. The zero-order valence-electron chi connectivity index (χ0n) is 21.2. The first kappa shape index (κ1) is 24.8. The van der Waals surface area contributed by atoms with Crippen molar-refractivity contribution >= 4 is 60.2 Å². The molecule has 0 saturated heterocycles. The molecule has 1 aromatic heterocycles. The third kappa shape index (κ3) is 5.14. The molecule has 6 nitrogen and oxygen atoms in total. The summed E-state index contributed by atoms with van der Waals surface area (Å²) in [5.41, 5.74) is 3.08. The third-order valence-electron chi connectivity index (χ3n) is 6.25. The molecule has 188 valence electrons. The van der Waals surface area contributed by atoms with E-state index in [1.165, 1.54) is 0 Å². The minimum absolute atomic E-state index is 0.751. The molecule has 5 bridgehead atoms. The van der Waals surface area contributed by atoms with Gasteiger partial charge in [0.1, 0.15) is 22.3 Å². The van der Waals surface area contributed by atoms with E-state index >= 15 is 0 Å². The number of hydrogen-bond donors (Lipinski definition) is 0. The molecule has 0 aliphatic heterocycles. The summed E-state index contributed by atoms with van der Waals surface area (Å²) in [6.07, 6.45) is 0. The van der Waals surface area contributed by atoms with Gasteiger partial charge in [0.25, 0.3) is 0 Å². The minimum Gasteiger partial charge on any atom is -0.408 e. The van der Waals surface area contributed by atoms with Gasteiger partial charge in [-0.05, 0) is 58.6 Å². The van der Waals surface area contributed by atoms with Crippen molar-refractivity contribution in [3.05, 3.63) is 72.8 Å². The van der Waals surface area contributed by atoms with Crippen molar-refractivity contribution in [2.24, 2.45) is 0 Å². The molecule has 8 heteroatoms. The first-order valence-electron chi connectivity index (χ1n) is 12.5. The van der Waals surface area contributed by atoms with Crippen LogP contribution in [0.1, 0.15) is 27.7 Å². The smallest absolute Gasteiger partial charge is 0.309 e. The molecule has 0 spiro atoms. The third-order valence-corrected chi connectivity index (χ3v) is 9.75. The molecule has 2 unspecified atom stereocenters. The monoisotopic (exact) mass is 522 g/mol. The summed E-state index contributed by atoms with van der Waals surface area (Å²) in [6, 6.07) is 24.5. The zero-order chi connectivity index (χ0) is 25.1. The molecular weight excluding hydrogens is 490 g/mol. The van der Waals surface area contributed by atoms with Crippen molar-refractivity contribution in [3.8, 4) is 0 Å². The summed E-state index contributed by atoms with van der Waals surface area (Å²) in [7, 11) is -2.74. The molecular formula is C28H32N2O4P2. The SMILES string of the molecule is CCN(CC)p1oc2ccc3ccc(cc3c2)op(N(CC)CC)oc2cccc3ccc(cc32)o1. The van der Waals surface area contributed by atoms with Gasteiger partial charge in [0.15, 0.2) is 0 Å². The van der Waals surface area contributed by atoms with E-state index in [4.69, 9.17) is 16.8 Å². The lowest BCUT2D eigenvalue weighted by molar-refractivity contribution is 0.617. The molecule has 2 atom stereocenters. The maximum Gasteiger partial charge on any atom is 0.309 e. The van der Waals surface area contributed by atoms with E-state index < -0.39 is 16.3 Å². The molecule has 0 amide bonds. The van der Waals surface area contributed by atoms with Gasteiger partial charge in [0, 0.05) is 31.6 Å². The molecule has 0 aliphatic rings. The maximum atomic E-state index is 6.63.